The first-order chi connectivity index (χ1) is 11.6. The van der Waals surface area contributed by atoms with Gasteiger partial charge in [-0.25, -0.2) is 0 Å². The predicted molar refractivity (Wildman–Crippen MR) is 89.1 cm³/mol. The molecular weight excluding hydrogens is 302 g/mol. The monoisotopic (exact) mass is 325 g/mol. The van der Waals surface area contributed by atoms with Gasteiger partial charge in [-0.1, -0.05) is 31.3 Å². The molecule has 2 heterocycles. The van der Waals surface area contributed by atoms with Crippen LogP contribution in [0, 0.1) is 45.8 Å². The minimum Gasteiger partial charge on any atom is -0.453 e. The Bertz CT molecular complexity index is 643. The van der Waals surface area contributed by atoms with Gasteiger partial charge in [0.25, 0.3) is 0 Å². The average Bonchev–Trinajstić information content (AvgIpc) is 2.96. The molecule has 126 valence electrons. The molecule has 0 spiro atoms. The van der Waals surface area contributed by atoms with Crippen LogP contribution in [0.25, 0.3) is 0 Å². The van der Waals surface area contributed by atoms with E-state index in [0.717, 1.165) is 31.3 Å². The molecule has 2 bridgehead atoms. The number of hydrogen-bond acceptors (Lipinski definition) is 5. The SMILES string of the molecule is CCC[C@@H]1C(C(C#N)(C#N)CC#CCOC(C)=O)=C[C@H]2CC[C@@H]1N2. The maximum atomic E-state index is 10.7. The van der Waals surface area contributed by atoms with Gasteiger partial charge in [-0.15, -0.1) is 0 Å². The number of fused-ring (bicyclic) bond motifs is 2. The zero-order valence-electron chi connectivity index (χ0n) is 14.3. The van der Waals surface area contributed by atoms with Gasteiger partial charge in [0.1, 0.15) is 0 Å². The van der Waals surface area contributed by atoms with Crippen LogP contribution < -0.4 is 5.32 Å². The van der Waals surface area contributed by atoms with Crippen molar-refractivity contribution in [3.63, 3.8) is 0 Å². The molecule has 1 saturated heterocycles. The Morgan fingerprint density at radius 2 is 2.12 bits per heavy atom. The summed E-state index contributed by atoms with van der Waals surface area (Å²) >= 11 is 0. The van der Waals surface area contributed by atoms with Crippen LogP contribution in [0.3, 0.4) is 0 Å². The Balaban J connectivity index is 2.23. The van der Waals surface area contributed by atoms with Crippen molar-refractivity contribution in [2.45, 2.75) is 58.0 Å². The number of hydrogen-bond donors (Lipinski definition) is 1. The van der Waals surface area contributed by atoms with Crippen molar-refractivity contribution in [2.75, 3.05) is 6.61 Å². The minimum absolute atomic E-state index is 0.00743. The van der Waals surface area contributed by atoms with Gasteiger partial charge in [0, 0.05) is 25.4 Å². The molecule has 2 aliphatic heterocycles. The number of carbonyl (C=O) groups is 1. The molecule has 0 aromatic carbocycles. The second-order valence-corrected chi connectivity index (χ2v) is 6.41. The Hall–Kier alpha value is -2.29. The number of ether oxygens (including phenoxy) is 1. The quantitative estimate of drug-likeness (QED) is 0.477. The van der Waals surface area contributed by atoms with Gasteiger partial charge < -0.3 is 10.1 Å². The molecule has 0 aromatic rings. The van der Waals surface area contributed by atoms with E-state index in [1.54, 1.807) is 0 Å². The molecule has 1 fully saturated rings. The molecular formula is C19H23N3O2. The summed E-state index contributed by atoms with van der Waals surface area (Å²) in [5, 5.41) is 23.1. The topological polar surface area (TPSA) is 85.9 Å². The normalized spacial score (nSPS) is 24.8. The third-order valence-corrected chi connectivity index (χ3v) is 4.78. The van der Waals surface area contributed by atoms with Crippen LogP contribution in [0.5, 0.6) is 0 Å². The minimum atomic E-state index is -1.22. The van der Waals surface area contributed by atoms with Gasteiger partial charge in [0.05, 0.1) is 12.1 Å². The molecule has 0 unspecified atom stereocenters. The molecule has 0 aromatic heterocycles. The number of nitriles is 2. The van der Waals surface area contributed by atoms with Crippen molar-refractivity contribution in [1.82, 2.24) is 5.32 Å². The Morgan fingerprint density at radius 3 is 2.75 bits per heavy atom. The lowest BCUT2D eigenvalue weighted by atomic mass is 9.69. The summed E-state index contributed by atoms with van der Waals surface area (Å²) < 4.78 is 4.77. The largest absolute Gasteiger partial charge is 0.453 e. The number of nitrogens with zero attached hydrogens (tertiary/aromatic N) is 2. The molecule has 0 radical (unpaired) electrons. The molecule has 24 heavy (non-hydrogen) atoms. The van der Waals surface area contributed by atoms with E-state index in [0.29, 0.717) is 6.04 Å². The van der Waals surface area contributed by atoms with E-state index in [4.69, 9.17) is 4.74 Å². The fourth-order valence-corrected chi connectivity index (χ4v) is 3.65. The van der Waals surface area contributed by atoms with Crippen molar-refractivity contribution in [3.05, 3.63) is 11.6 Å². The van der Waals surface area contributed by atoms with Gasteiger partial charge in [0.15, 0.2) is 12.0 Å². The zero-order valence-corrected chi connectivity index (χ0v) is 14.3. The van der Waals surface area contributed by atoms with E-state index in [2.05, 4.69) is 42.3 Å². The molecule has 0 amide bonds. The highest BCUT2D eigenvalue weighted by molar-refractivity contribution is 5.66. The van der Waals surface area contributed by atoms with Crippen LogP contribution in [0.1, 0.15) is 46.0 Å². The number of carbonyl (C=O) groups excluding carboxylic acids is 1. The highest BCUT2D eigenvalue weighted by Gasteiger charge is 2.45. The highest BCUT2D eigenvalue weighted by Crippen LogP contribution is 2.44. The van der Waals surface area contributed by atoms with Gasteiger partial charge in [-0.05, 0) is 30.8 Å². The Kier molecular flexibility index (Phi) is 6.02. The number of rotatable bonds is 5. The fourth-order valence-electron chi connectivity index (χ4n) is 3.65. The molecule has 0 saturated carbocycles. The second kappa shape index (κ2) is 8.00. The van der Waals surface area contributed by atoms with Gasteiger partial charge >= 0.3 is 5.97 Å². The molecule has 3 atom stereocenters. The highest BCUT2D eigenvalue weighted by atomic mass is 16.5. The molecule has 0 aliphatic carbocycles. The van der Waals surface area contributed by atoms with Crippen LogP contribution in [0.15, 0.2) is 11.6 Å². The second-order valence-electron chi connectivity index (χ2n) is 6.41. The maximum Gasteiger partial charge on any atom is 0.303 e. The summed E-state index contributed by atoms with van der Waals surface area (Å²) in [6, 6.07) is 5.06. The van der Waals surface area contributed by atoms with Crippen molar-refractivity contribution in [2.24, 2.45) is 11.3 Å². The van der Waals surface area contributed by atoms with E-state index in [-0.39, 0.29) is 25.0 Å². The molecule has 1 N–H and O–H groups in total. The Labute approximate surface area is 143 Å². The van der Waals surface area contributed by atoms with Crippen molar-refractivity contribution < 1.29 is 9.53 Å². The van der Waals surface area contributed by atoms with Crippen molar-refractivity contribution in [1.29, 1.82) is 10.5 Å². The van der Waals surface area contributed by atoms with E-state index in [1.165, 1.54) is 6.92 Å². The van der Waals surface area contributed by atoms with E-state index >= 15 is 0 Å². The van der Waals surface area contributed by atoms with Crippen LogP contribution in [0.4, 0.5) is 0 Å². The first kappa shape index (κ1) is 18.1. The standard InChI is InChI=1S/C19H23N3O2/c1-3-6-16-17(11-15-7-8-18(16)22-15)19(12-20,13-21)9-4-5-10-24-14(2)23/h11,15-16,18,22H,3,6-10H2,1-2H3/t15-,16-,18+/m1/s1. The summed E-state index contributed by atoms with van der Waals surface area (Å²) in [6.07, 6.45) is 6.34. The zero-order chi connectivity index (χ0) is 17.6. The number of esters is 1. The average molecular weight is 325 g/mol. The van der Waals surface area contributed by atoms with Gasteiger partial charge in [-0.2, -0.15) is 10.5 Å². The lowest BCUT2D eigenvalue weighted by molar-refractivity contribution is -0.139. The van der Waals surface area contributed by atoms with Crippen molar-refractivity contribution >= 4 is 5.97 Å². The summed E-state index contributed by atoms with van der Waals surface area (Å²) in [4.78, 5) is 10.7. The predicted octanol–water partition coefficient (Wildman–Crippen LogP) is 2.45. The van der Waals surface area contributed by atoms with E-state index < -0.39 is 11.4 Å². The molecule has 5 heteroatoms. The van der Waals surface area contributed by atoms with Gasteiger partial charge in [0.2, 0.25) is 0 Å². The summed E-state index contributed by atoms with van der Waals surface area (Å²) in [5.74, 6) is 5.41. The summed E-state index contributed by atoms with van der Waals surface area (Å²) in [7, 11) is 0. The first-order valence-corrected chi connectivity index (χ1v) is 8.46. The maximum absolute atomic E-state index is 10.7. The number of nitrogens with one attached hydrogen (secondary N) is 1. The first-order valence-electron chi connectivity index (χ1n) is 8.46. The molecule has 2 aliphatic rings. The summed E-state index contributed by atoms with van der Waals surface area (Å²) in [6.45, 7) is 3.44. The van der Waals surface area contributed by atoms with E-state index in [9.17, 15) is 15.3 Å². The Morgan fingerprint density at radius 1 is 1.38 bits per heavy atom. The lowest BCUT2D eigenvalue weighted by Gasteiger charge is -2.36. The van der Waals surface area contributed by atoms with Crippen LogP contribution in [-0.4, -0.2) is 24.7 Å². The summed E-state index contributed by atoms with van der Waals surface area (Å²) in [5.41, 5.74) is -0.284. The van der Waals surface area contributed by atoms with E-state index in [1.807, 2.05) is 0 Å². The fraction of sp³-hybridized carbons (Fsp3) is 0.632. The van der Waals surface area contributed by atoms with Crippen LogP contribution >= 0.6 is 0 Å². The lowest BCUT2D eigenvalue weighted by Crippen LogP contribution is -2.43. The third kappa shape index (κ3) is 3.78. The van der Waals surface area contributed by atoms with Crippen molar-refractivity contribution in [3.8, 4) is 24.0 Å². The van der Waals surface area contributed by atoms with Gasteiger partial charge in [-0.3, -0.25) is 4.79 Å². The third-order valence-electron chi connectivity index (χ3n) is 4.78. The smallest absolute Gasteiger partial charge is 0.303 e. The molecule has 2 rings (SSSR count). The van der Waals surface area contributed by atoms with Crippen LogP contribution in [-0.2, 0) is 9.53 Å². The molecule has 5 nitrogen and oxygen atoms in total. The van der Waals surface area contributed by atoms with Crippen LogP contribution in [0.2, 0.25) is 0 Å².